The summed E-state index contributed by atoms with van der Waals surface area (Å²) in [7, 11) is -1.88. The highest BCUT2D eigenvalue weighted by atomic mass is 35.5. The van der Waals surface area contributed by atoms with Gasteiger partial charge in [-0.1, -0.05) is 35.9 Å². The predicted molar refractivity (Wildman–Crippen MR) is 85.2 cm³/mol. The Morgan fingerprint density at radius 2 is 1.90 bits per heavy atom. The van der Waals surface area contributed by atoms with Crippen LogP contribution in [-0.4, -0.2) is 38.9 Å². The molecule has 2 aromatic carbocycles. The van der Waals surface area contributed by atoms with Crippen LogP contribution >= 0.6 is 11.6 Å². The molecule has 0 spiro atoms. The van der Waals surface area contributed by atoms with E-state index in [0.29, 0.717) is 21.8 Å². The second-order valence-electron chi connectivity index (χ2n) is 5.26. The van der Waals surface area contributed by atoms with Crippen LogP contribution in [-0.2, 0) is 10.0 Å². The molecule has 6 heteroatoms. The number of rotatable bonds is 3. The molecule has 1 N–H and O–H groups in total. The fourth-order valence-electron chi connectivity index (χ4n) is 2.76. The van der Waals surface area contributed by atoms with Gasteiger partial charge in [-0.25, -0.2) is 8.42 Å². The summed E-state index contributed by atoms with van der Waals surface area (Å²) in [6.07, 6.45) is 0.835. The number of sulfonamides is 1. The maximum Gasteiger partial charge on any atom is 0.243 e. The van der Waals surface area contributed by atoms with Gasteiger partial charge in [-0.2, -0.15) is 4.31 Å². The fourth-order valence-corrected chi connectivity index (χ4v) is 4.57. The molecule has 1 aliphatic rings. The van der Waals surface area contributed by atoms with Crippen molar-refractivity contribution in [3.05, 3.63) is 41.4 Å². The Labute approximate surface area is 129 Å². The Morgan fingerprint density at radius 1 is 1.19 bits per heavy atom. The van der Waals surface area contributed by atoms with Gasteiger partial charge in [0.2, 0.25) is 10.0 Å². The number of halogens is 1. The highest BCUT2D eigenvalue weighted by molar-refractivity contribution is 7.89. The van der Waals surface area contributed by atoms with E-state index in [0.717, 1.165) is 18.4 Å². The van der Waals surface area contributed by atoms with Gasteiger partial charge in [-0.15, -0.1) is 0 Å². The van der Waals surface area contributed by atoms with E-state index in [1.165, 1.54) is 4.31 Å². The molecule has 1 fully saturated rings. The van der Waals surface area contributed by atoms with Crippen molar-refractivity contribution in [2.75, 3.05) is 20.1 Å². The zero-order chi connectivity index (χ0) is 15.0. The highest BCUT2D eigenvalue weighted by Gasteiger charge is 2.31. The summed E-state index contributed by atoms with van der Waals surface area (Å²) in [6, 6.07) is 10.6. The number of nitrogens with zero attached hydrogens (tertiary/aromatic N) is 1. The van der Waals surface area contributed by atoms with E-state index in [1.54, 1.807) is 25.2 Å². The number of likely N-dealkylation sites (N-methyl/N-ethyl adjacent to an activating group) is 1. The average Bonchev–Trinajstić information content (AvgIpc) is 3.01. The molecule has 0 saturated carbocycles. The van der Waals surface area contributed by atoms with Crippen molar-refractivity contribution < 1.29 is 8.42 Å². The van der Waals surface area contributed by atoms with Crippen molar-refractivity contribution in [3.63, 3.8) is 0 Å². The second kappa shape index (κ2) is 5.57. The molecule has 0 radical (unpaired) electrons. The zero-order valence-corrected chi connectivity index (χ0v) is 13.3. The van der Waals surface area contributed by atoms with Crippen LogP contribution in [0.25, 0.3) is 10.8 Å². The van der Waals surface area contributed by atoms with Crippen LogP contribution in [0.1, 0.15) is 6.42 Å². The van der Waals surface area contributed by atoms with Gasteiger partial charge >= 0.3 is 0 Å². The molecular weight excluding hydrogens is 308 g/mol. The summed E-state index contributed by atoms with van der Waals surface area (Å²) in [4.78, 5) is 0.317. The summed E-state index contributed by atoms with van der Waals surface area (Å²) >= 11 is 6.17. The van der Waals surface area contributed by atoms with E-state index in [4.69, 9.17) is 11.6 Å². The monoisotopic (exact) mass is 324 g/mol. The average molecular weight is 325 g/mol. The number of fused-ring (bicyclic) bond motifs is 1. The van der Waals surface area contributed by atoms with Crippen LogP contribution in [0.5, 0.6) is 0 Å². The van der Waals surface area contributed by atoms with Gasteiger partial charge in [-0.3, -0.25) is 0 Å². The van der Waals surface area contributed by atoms with Crippen molar-refractivity contribution in [3.8, 4) is 0 Å². The third kappa shape index (κ3) is 2.55. The van der Waals surface area contributed by atoms with Gasteiger partial charge in [0.25, 0.3) is 0 Å². The quantitative estimate of drug-likeness (QED) is 0.943. The smallest absolute Gasteiger partial charge is 0.243 e. The molecule has 3 rings (SSSR count). The first-order chi connectivity index (χ1) is 10.0. The third-order valence-corrected chi connectivity index (χ3v) is 6.33. The van der Waals surface area contributed by atoms with Gasteiger partial charge < -0.3 is 5.32 Å². The Bertz CT molecular complexity index is 770. The minimum absolute atomic E-state index is 0.00411. The van der Waals surface area contributed by atoms with Crippen LogP contribution in [0.3, 0.4) is 0 Å². The maximum atomic E-state index is 12.9. The fraction of sp³-hybridized carbons (Fsp3) is 0.333. The summed E-state index contributed by atoms with van der Waals surface area (Å²) < 4.78 is 27.3. The minimum Gasteiger partial charge on any atom is -0.315 e. The first-order valence-corrected chi connectivity index (χ1v) is 8.69. The van der Waals surface area contributed by atoms with Crippen LogP contribution in [0, 0.1) is 0 Å². The summed E-state index contributed by atoms with van der Waals surface area (Å²) in [5, 5.41) is 5.19. The largest absolute Gasteiger partial charge is 0.315 e. The third-order valence-electron chi connectivity index (χ3n) is 4.04. The molecule has 21 heavy (non-hydrogen) atoms. The highest BCUT2D eigenvalue weighted by Crippen LogP contribution is 2.31. The first kappa shape index (κ1) is 14.8. The molecule has 0 aromatic heterocycles. The zero-order valence-electron chi connectivity index (χ0n) is 11.7. The molecule has 4 nitrogen and oxygen atoms in total. The minimum atomic E-state index is -3.53. The molecule has 1 atom stereocenters. The maximum absolute atomic E-state index is 12.9. The van der Waals surface area contributed by atoms with E-state index >= 15 is 0 Å². The predicted octanol–water partition coefficient (Wildman–Crippen LogP) is 2.48. The van der Waals surface area contributed by atoms with Crippen molar-refractivity contribution >= 4 is 32.4 Å². The summed E-state index contributed by atoms with van der Waals surface area (Å²) in [6.45, 7) is 1.55. The number of hydrogen-bond acceptors (Lipinski definition) is 3. The first-order valence-electron chi connectivity index (χ1n) is 6.88. The normalized spacial score (nSPS) is 19.5. The molecular formula is C15H17ClN2O2S. The number of benzene rings is 2. The van der Waals surface area contributed by atoms with E-state index in [-0.39, 0.29) is 6.04 Å². The van der Waals surface area contributed by atoms with Gasteiger partial charge in [0.1, 0.15) is 0 Å². The SMILES string of the molecule is CN(C1CCNC1)S(=O)(=O)c1ccc(Cl)c2ccccc12. The molecule has 0 amide bonds. The lowest BCUT2D eigenvalue weighted by molar-refractivity contribution is 0.388. The Morgan fingerprint density at radius 3 is 2.57 bits per heavy atom. The van der Waals surface area contributed by atoms with Crippen LogP contribution in [0.2, 0.25) is 5.02 Å². The number of nitrogens with one attached hydrogen (secondary N) is 1. The van der Waals surface area contributed by atoms with E-state index in [9.17, 15) is 8.42 Å². The van der Waals surface area contributed by atoms with Crippen molar-refractivity contribution in [2.24, 2.45) is 0 Å². The second-order valence-corrected chi connectivity index (χ2v) is 7.63. The Kier molecular flexibility index (Phi) is 3.92. The van der Waals surface area contributed by atoms with Gasteiger partial charge in [0, 0.05) is 35.4 Å². The summed E-state index contributed by atoms with van der Waals surface area (Å²) in [5.74, 6) is 0. The number of hydrogen-bond donors (Lipinski definition) is 1. The Balaban J connectivity index is 2.13. The van der Waals surface area contributed by atoms with Gasteiger partial charge in [0.05, 0.1) is 4.90 Å². The van der Waals surface area contributed by atoms with Crippen LogP contribution < -0.4 is 5.32 Å². The lowest BCUT2D eigenvalue weighted by Crippen LogP contribution is -2.38. The molecule has 1 aliphatic heterocycles. The summed E-state index contributed by atoms with van der Waals surface area (Å²) in [5.41, 5.74) is 0. The van der Waals surface area contributed by atoms with Crippen LogP contribution in [0.4, 0.5) is 0 Å². The molecule has 1 unspecified atom stereocenters. The van der Waals surface area contributed by atoms with E-state index < -0.39 is 10.0 Å². The van der Waals surface area contributed by atoms with E-state index in [1.807, 2.05) is 18.2 Å². The van der Waals surface area contributed by atoms with Crippen molar-refractivity contribution in [1.29, 1.82) is 0 Å². The van der Waals surface area contributed by atoms with Crippen molar-refractivity contribution in [1.82, 2.24) is 9.62 Å². The van der Waals surface area contributed by atoms with E-state index in [2.05, 4.69) is 5.32 Å². The standard InChI is InChI=1S/C15H17ClN2O2S/c1-18(11-8-9-17-10-11)21(19,20)15-7-6-14(16)12-4-2-3-5-13(12)15/h2-7,11,17H,8-10H2,1H3. The lowest BCUT2D eigenvalue weighted by Gasteiger charge is -2.24. The molecule has 2 aromatic rings. The molecule has 1 saturated heterocycles. The molecule has 0 bridgehead atoms. The molecule has 112 valence electrons. The van der Waals surface area contributed by atoms with Gasteiger partial charge in [-0.05, 0) is 25.1 Å². The van der Waals surface area contributed by atoms with Crippen LogP contribution in [0.15, 0.2) is 41.3 Å². The molecule has 1 heterocycles. The topological polar surface area (TPSA) is 49.4 Å². The Hall–Kier alpha value is -1.14. The lowest BCUT2D eigenvalue weighted by atomic mass is 10.1. The van der Waals surface area contributed by atoms with Gasteiger partial charge in [0.15, 0.2) is 0 Å². The van der Waals surface area contributed by atoms with Crippen molar-refractivity contribution in [2.45, 2.75) is 17.4 Å². The molecule has 0 aliphatic carbocycles.